The molecule has 0 bridgehead atoms. The van der Waals surface area contributed by atoms with Crippen LogP contribution in [0.4, 0.5) is 0 Å². The van der Waals surface area contributed by atoms with Crippen LogP contribution in [-0.4, -0.2) is 24.7 Å². The fourth-order valence-corrected chi connectivity index (χ4v) is 3.50. The monoisotopic (exact) mass is 466 g/mol. The molecule has 0 saturated heterocycles. The Hall–Kier alpha value is -4.45. The van der Waals surface area contributed by atoms with Gasteiger partial charge in [0.15, 0.2) is 6.61 Å². The molecular formula is C29H26N2O4. The van der Waals surface area contributed by atoms with Gasteiger partial charge in [-0.2, -0.15) is 5.10 Å². The molecular weight excluding hydrogens is 440 g/mol. The van der Waals surface area contributed by atoms with E-state index in [1.807, 2.05) is 81.4 Å². The van der Waals surface area contributed by atoms with E-state index >= 15 is 0 Å². The first kappa shape index (κ1) is 23.7. The number of hydrazone groups is 1. The number of nitrogens with zero attached hydrogens (tertiary/aromatic N) is 1. The standard InChI is InChI=1S/C29H26N2O4/c1-19-8-11-23(12-9-19)29(33)35-27-15-13-22-6-4-5-7-25(22)26(27)17-30-31-28(32)18-34-24-14-10-20(2)21(3)16-24/h4-17H,18H2,1-3H3,(H,31,32). The molecule has 4 aromatic rings. The van der Waals surface area contributed by atoms with Crippen molar-refractivity contribution in [2.45, 2.75) is 20.8 Å². The normalized spacial score (nSPS) is 10.9. The number of benzene rings is 4. The van der Waals surface area contributed by atoms with Gasteiger partial charge in [-0.25, -0.2) is 10.2 Å². The van der Waals surface area contributed by atoms with E-state index in [1.54, 1.807) is 18.2 Å². The summed E-state index contributed by atoms with van der Waals surface area (Å²) in [5, 5.41) is 5.88. The maximum absolute atomic E-state index is 12.7. The summed E-state index contributed by atoms with van der Waals surface area (Å²) in [6.45, 7) is 5.78. The molecule has 1 amide bonds. The highest BCUT2D eigenvalue weighted by molar-refractivity contribution is 6.04. The Balaban J connectivity index is 1.49. The molecule has 4 rings (SSSR count). The zero-order chi connectivity index (χ0) is 24.8. The largest absolute Gasteiger partial charge is 0.484 e. The van der Waals surface area contributed by atoms with Crippen molar-refractivity contribution in [2.75, 3.05) is 6.61 Å². The lowest BCUT2D eigenvalue weighted by atomic mass is 10.0. The summed E-state index contributed by atoms with van der Waals surface area (Å²) in [5.74, 6) is 0.0870. The number of carbonyl (C=O) groups is 2. The van der Waals surface area contributed by atoms with E-state index in [0.717, 1.165) is 27.5 Å². The van der Waals surface area contributed by atoms with Gasteiger partial charge in [0.2, 0.25) is 0 Å². The van der Waals surface area contributed by atoms with Crippen molar-refractivity contribution in [3.8, 4) is 11.5 Å². The fraction of sp³-hybridized carbons (Fsp3) is 0.138. The van der Waals surface area contributed by atoms with E-state index in [-0.39, 0.29) is 6.61 Å². The molecule has 0 radical (unpaired) electrons. The molecule has 0 aliphatic carbocycles. The molecule has 0 atom stereocenters. The number of aryl methyl sites for hydroxylation is 3. The lowest BCUT2D eigenvalue weighted by molar-refractivity contribution is -0.123. The van der Waals surface area contributed by atoms with Crippen molar-refractivity contribution < 1.29 is 19.1 Å². The third kappa shape index (κ3) is 5.92. The molecule has 35 heavy (non-hydrogen) atoms. The molecule has 0 saturated carbocycles. The highest BCUT2D eigenvalue weighted by Gasteiger charge is 2.13. The number of rotatable bonds is 7. The predicted molar refractivity (Wildman–Crippen MR) is 137 cm³/mol. The highest BCUT2D eigenvalue weighted by Crippen LogP contribution is 2.27. The van der Waals surface area contributed by atoms with Crippen molar-refractivity contribution in [3.05, 3.63) is 107 Å². The number of ether oxygens (including phenoxy) is 2. The van der Waals surface area contributed by atoms with Crippen LogP contribution in [0.2, 0.25) is 0 Å². The third-order valence-corrected chi connectivity index (χ3v) is 5.65. The Kier molecular flexibility index (Phi) is 7.21. The Bertz CT molecular complexity index is 1410. The third-order valence-electron chi connectivity index (χ3n) is 5.65. The maximum Gasteiger partial charge on any atom is 0.343 e. The molecule has 6 heteroatoms. The molecule has 0 aliphatic rings. The summed E-state index contributed by atoms with van der Waals surface area (Å²) in [6, 6.07) is 24.1. The minimum absolute atomic E-state index is 0.176. The van der Waals surface area contributed by atoms with Gasteiger partial charge in [-0.1, -0.05) is 54.1 Å². The first-order valence-electron chi connectivity index (χ1n) is 11.2. The molecule has 0 aliphatic heterocycles. The van der Waals surface area contributed by atoms with Crippen LogP contribution in [0.3, 0.4) is 0 Å². The van der Waals surface area contributed by atoms with E-state index in [1.165, 1.54) is 6.21 Å². The Morgan fingerprint density at radius 1 is 0.886 bits per heavy atom. The summed E-state index contributed by atoms with van der Waals surface area (Å²) in [6.07, 6.45) is 1.48. The highest BCUT2D eigenvalue weighted by atomic mass is 16.5. The number of nitrogens with one attached hydrogen (secondary N) is 1. The summed E-state index contributed by atoms with van der Waals surface area (Å²) in [7, 11) is 0. The van der Waals surface area contributed by atoms with Gasteiger partial charge in [-0.05, 0) is 73.0 Å². The molecule has 0 fully saturated rings. The van der Waals surface area contributed by atoms with Gasteiger partial charge < -0.3 is 9.47 Å². The lowest BCUT2D eigenvalue weighted by Crippen LogP contribution is -2.24. The van der Waals surface area contributed by atoms with Gasteiger partial charge in [-0.3, -0.25) is 4.79 Å². The van der Waals surface area contributed by atoms with E-state index in [0.29, 0.717) is 22.6 Å². The Labute approximate surface area is 204 Å². The van der Waals surface area contributed by atoms with Crippen LogP contribution in [0.5, 0.6) is 11.5 Å². The lowest BCUT2D eigenvalue weighted by Gasteiger charge is -2.11. The molecule has 1 N–H and O–H groups in total. The maximum atomic E-state index is 12.7. The summed E-state index contributed by atoms with van der Waals surface area (Å²) >= 11 is 0. The van der Waals surface area contributed by atoms with Crippen molar-refractivity contribution in [2.24, 2.45) is 5.10 Å². The molecule has 0 heterocycles. The minimum Gasteiger partial charge on any atom is -0.484 e. The molecule has 0 unspecified atom stereocenters. The molecule has 4 aromatic carbocycles. The Morgan fingerprint density at radius 3 is 2.43 bits per heavy atom. The first-order valence-corrected chi connectivity index (χ1v) is 11.2. The predicted octanol–water partition coefficient (Wildman–Crippen LogP) is 5.51. The number of amides is 1. The van der Waals surface area contributed by atoms with Crippen LogP contribution < -0.4 is 14.9 Å². The van der Waals surface area contributed by atoms with Gasteiger partial charge in [0.25, 0.3) is 5.91 Å². The Morgan fingerprint density at radius 2 is 1.66 bits per heavy atom. The zero-order valence-corrected chi connectivity index (χ0v) is 19.9. The second kappa shape index (κ2) is 10.7. The number of carbonyl (C=O) groups excluding carboxylic acids is 2. The van der Waals surface area contributed by atoms with Gasteiger partial charge >= 0.3 is 5.97 Å². The van der Waals surface area contributed by atoms with E-state index < -0.39 is 11.9 Å². The number of fused-ring (bicyclic) bond motifs is 1. The topological polar surface area (TPSA) is 77.0 Å². The van der Waals surface area contributed by atoms with Gasteiger partial charge in [-0.15, -0.1) is 0 Å². The van der Waals surface area contributed by atoms with Gasteiger partial charge in [0.05, 0.1) is 11.8 Å². The molecule has 0 aromatic heterocycles. The smallest absolute Gasteiger partial charge is 0.343 e. The number of hydrogen-bond acceptors (Lipinski definition) is 5. The van der Waals surface area contributed by atoms with Crippen LogP contribution in [0.25, 0.3) is 10.8 Å². The van der Waals surface area contributed by atoms with E-state index in [4.69, 9.17) is 9.47 Å². The SMILES string of the molecule is Cc1ccc(C(=O)Oc2ccc3ccccc3c2C=NNC(=O)COc2ccc(C)c(C)c2)cc1. The summed E-state index contributed by atoms with van der Waals surface area (Å²) in [4.78, 5) is 25.0. The summed E-state index contributed by atoms with van der Waals surface area (Å²) < 4.78 is 11.3. The zero-order valence-electron chi connectivity index (χ0n) is 19.9. The fourth-order valence-electron chi connectivity index (χ4n) is 3.50. The first-order chi connectivity index (χ1) is 16.9. The van der Waals surface area contributed by atoms with Crippen molar-refractivity contribution >= 4 is 28.9 Å². The van der Waals surface area contributed by atoms with Crippen LogP contribution in [0, 0.1) is 20.8 Å². The molecule has 176 valence electrons. The average molecular weight is 467 g/mol. The number of esters is 1. The second-order valence-electron chi connectivity index (χ2n) is 8.28. The summed E-state index contributed by atoms with van der Waals surface area (Å²) in [5.41, 5.74) is 6.80. The van der Waals surface area contributed by atoms with Crippen LogP contribution in [0.15, 0.2) is 84.0 Å². The number of hydrogen-bond donors (Lipinski definition) is 1. The van der Waals surface area contributed by atoms with Crippen molar-refractivity contribution in [1.82, 2.24) is 5.43 Å². The van der Waals surface area contributed by atoms with Crippen LogP contribution in [-0.2, 0) is 4.79 Å². The van der Waals surface area contributed by atoms with E-state index in [9.17, 15) is 9.59 Å². The molecule has 0 spiro atoms. The quantitative estimate of drug-likeness (QED) is 0.169. The van der Waals surface area contributed by atoms with Crippen molar-refractivity contribution in [3.63, 3.8) is 0 Å². The van der Waals surface area contributed by atoms with Gasteiger partial charge in [0.1, 0.15) is 11.5 Å². The molecule has 6 nitrogen and oxygen atoms in total. The second-order valence-corrected chi connectivity index (χ2v) is 8.28. The van der Waals surface area contributed by atoms with Crippen LogP contribution >= 0.6 is 0 Å². The van der Waals surface area contributed by atoms with E-state index in [2.05, 4.69) is 10.5 Å². The van der Waals surface area contributed by atoms with Gasteiger partial charge in [0, 0.05) is 5.56 Å². The minimum atomic E-state index is -0.472. The average Bonchev–Trinajstić information content (AvgIpc) is 2.86. The van der Waals surface area contributed by atoms with Crippen molar-refractivity contribution in [1.29, 1.82) is 0 Å². The van der Waals surface area contributed by atoms with Crippen LogP contribution in [0.1, 0.15) is 32.6 Å².